The summed E-state index contributed by atoms with van der Waals surface area (Å²) in [5.74, 6) is 1.10. The lowest BCUT2D eigenvalue weighted by Crippen LogP contribution is -2.13. The standard InChI is InChI=1S/C16H18N2O2S/c1-10-7-8-12-14(9-10)21-16(17-12)18-15(19)11-5-3-4-6-13(11)20-2/h3-6,10H,7-9H2,1-2H3,(H,17,18,19). The number of thiazole rings is 1. The maximum Gasteiger partial charge on any atom is 0.261 e. The van der Waals surface area contributed by atoms with E-state index in [9.17, 15) is 4.79 Å². The second-order valence-electron chi connectivity index (χ2n) is 5.39. The molecule has 5 heteroatoms. The molecule has 2 aromatic rings. The molecule has 4 nitrogen and oxygen atoms in total. The molecule has 1 aliphatic carbocycles. The number of aryl methyl sites for hydroxylation is 1. The zero-order valence-electron chi connectivity index (χ0n) is 12.2. The average molecular weight is 302 g/mol. The zero-order chi connectivity index (χ0) is 14.8. The molecule has 0 radical (unpaired) electrons. The largest absolute Gasteiger partial charge is 0.496 e. The number of methoxy groups -OCH3 is 1. The van der Waals surface area contributed by atoms with Gasteiger partial charge in [-0.3, -0.25) is 10.1 Å². The van der Waals surface area contributed by atoms with E-state index in [-0.39, 0.29) is 5.91 Å². The van der Waals surface area contributed by atoms with Gasteiger partial charge < -0.3 is 4.74 Å². The zero-order valence-corrected chi connectivity index (χ0v) is 13.0. The molecule has 1 atom stereocenters. The SMILES string of the molecule is COc1ccccc1C(=O)Nc1nc2c(s1)CC(C)CC2. The molecule has 21 heavy (non-hydrogen) atoms. The molecular formula is C16H18N2O2S. The van der Waals surface area contributed by atoms with Crippen LogP contribution in [0.1, 0.15) is 34.3 Å². The summed E-state index contributed by atoms with van der Waals surface area (Å²) in [4.78, 5) is 18.2. The Balaban J connectivity index is 1.79. The van der Waals surface area contributed by atoms with Gasteiger partial charge in [-0.15, -0.1) is 11.3 Å². The van der Waals surface area contributed by atoms with Crippen LogP contribution in [-0.2, 0) is 12.8 Å². The first-order valence-corrected chi connectivity index (χ1v) is 7.92. The lowest BCUT2D eigenvalue weighted by atomic mass is 9.93. The summed E-state index contributed by atoms with van der Waals surface area (Å²) in [5, 5.41) is 3.58. The highest BCUT2D eigenvalue weighted by Gasteiger charge is 2.21. The molecule has 3 rings (SSSR count). The summed E-state index contributed by atoms with van der Waals surface area (Å²) in [6.45, 7) is 2.26. The van der Waals surface area contributed by atoms with Gasteiger partial charge in [0, 0.05) is 4.88 Å². The lowest BCUT2D eigenvalue weighted by molar-refractivity contribution is 0.102. The predicted octanol–water partition coefficient (Wildman–Crippen LogP) is 3.53. The third-order valence-electron chi connectivity index (χ3n) is 3.76. The topological polar surface area (TPSA) is 51.2 Å². The van der Waals surface area contributed by atoms with E-state index in [0.29, 0.717) is 22.4 Å². The van der Waals surface area contributed by atoms with Crippen LogP contribution in [0.3, 0.4) is 0 Å². The first kappa shape index (κ1) is 14.1. The van der Waals surface area contributed by atoms with Crippen molar-refractivity contribution >= 4 is 22.4 Å². The number of carbonyl (C=O) groups is 1. The number of nitrogens with zero attached hydrogens (tertiary/aromatic N) is 1. The van der Waals surface area contributed by atoms with Crippen molar-refractivity contribution in [1.29, 1.82) is 0 Å². The van der Waals surface area contributed by atoms with Gasteiger partial charge in [0.15, 0.2) is 5.13 Å². The normalized spacial score (nSPS) is 17.1. The Kier molecular flexibility index (Phi) is 3.92. The van der Waals surface area contributed by atoms with E-state index in [1.165, 1.54) is 11.3 Å². The molecule has 0 bridgehead atoms. The molecule has 1 N–H and O–H groups in total. The number of benzene rings is 1. The molecule has 1 aromatic heterocycles. The van der Waals surface area contributed by atoms with Crippen LogP contribution in [0.25, 0.3) is 0 Å². The summed E-state index contributed by atoms with van der Waals surface area (Å²) < 4.78 is 5.22. The molecule has 1 aliphatic rings. The van der Waals surface area contributed by atoms with Crippen LogP contribution in [0, 0.1) is 5.92 Å². The number of nitrogens with one attached hydrogen (secondary N) is 1. The van der Waals surface area contributed by atoms with Crippen LogP contribution in [0.15, 0.2) is 24.3 Å². The molecule has 1 aromatic carbocycles. The molecule has 1 unspecified atom stereocenters. The maximum atomic E-state index is 12.3. The summed E-state index contributed by atoms with van der Waals surface area (Å²) in [5.41, 5.74) is 1.68. The van der Waals surface area contributed by atoms with Crippen molar-refractivity contribution in [1.82, 2.24) is 4.98 Å². The fraction of sp³-hybridized carbons (Fsp3) is 0.375. The van der Waals surface area contributed by atoms with E-state index >= 15 is 0 Å². The second-order valence-corrected chi connectivity index (χ2v) is 6.47. The van der Waals surface area contributed by atoms with Crippen molar-refractivity contribution in [2.75, 3.05) is 12.4 Å². The number of fused-ring (bicyclic) bond motifs is 1. The average Bonchev–Trinajstić information content (AvgIpc) is 2.88. The van der Waals surface area contributed by atoms with Crippen LogP contribution >= 0.6 is 11.3 Å². The van der Waals surface area contributed by atoms with E-state index in [0.717, 1.165) is 18.5 Å². The van der Waals surface area contributed by atoms with E-state index in [2.05, 4.69) is 17.2 Å². The Bertz CT molecular complexity index is 666. The van der Waals surface area contributed by atoms with Crippen molar-refractivity contribution in [2.24, 2.45) is 5.92 Å². The molecule has 110 valence electrons. The van der Waals surface area contributed by atoms with Crippen molar-refractivity contribution in [3.05, 3.63) is 40.4 Å². The Morgan fingerprint density at radius 1 is 1.43 bits per heavy atom. The first-order chi connectivity index (χ1) is 10.2. The smallest absolute Gasteiger partial charge is 0.261 e. The predicted molar refractivity (Wildman–Crippen MR) is 84.3 cm³/mol. The number of hydrogen-bond acceptors (Lipinski definition) is 4. The van der Waals surface area contributed by atoms with Gasteiger partial charge in [-0.25, -0.2) is 4.98 Å². The van der Waals surface area contributed by atoms with E-state index < -0.39 is 0 Å². The molecule has 0 saturated carbocycles. The van der Waals surface area contributed by atoms with Gasteiger partial charge in [0.25, 0.3) is 5.91 Å². The van der Waals surface area contributed by atoms with Gasteiger partial charge >= 0.3 is 0 Å². The van der Waals surface area contributed by atoms with Gasteiger partial charge in [-0.2, -0.15) is 0 Å². The minimum Gasteiger partial charge on any atom is -0.496 e. The highest BCUT2D eigenvalue weighted by atomic mass is 32.1. The highest BCUT2D eigenvalue weighted by Crippen LogP contribution is 2.32. The number of amides is 1. The fourth-order valence-corrected chi connectivity index (χ4v) is 3.76. The Morgan fingerprint density at radius 2 is 2.24 bits per heavy atom. The van der Waals surface area contributed by atoms with Crippen molar-refractivity contribution in [3.8, 4) is 5.75 Å². The summed E-state index contributed by atoms with van der Waals surface area (Å²) in [6, 6.07) is 7.21. The maximum absolute atomic E-state index is 12.3. The Morgan fingerprint density at radius 3 is 3.05 bits per heavy atom. The number of aromatic nitrogens is 1. The quantitative estimate of drug-likeness (QED) is 0.943. The molecule has 1 heterocycles. The minimum atomic E-state index is -0.174. The van der Waals surface area contributed by atoms with Gasteiger partial charge in [0.2, 0.25) is 0 Å². The van der Waals surface area contributed by atoms with Crippen molar-refractivity contribution < 1.29 is 9.53 Å². The number of para-hydroxylation sites is 1. The summed E-state index contributed by atoms with van der Waals surface area (Å²) >= 11 is 1.59. The molecular weight excluding hydrogens is 284 g/mol. The minimum absolute atomic E-state index is 0.174. The van der Waals surface area contributed by atoms with E-state index in [4.69, 9.17) is 4.74 Å². The van der Waals surface area contributed by atoms with Gasteiger partial charge in [-0.1, -0.05) is 19.1 Å². The Labute approximate surface area is 128 Å². The van der Waals surface area contributed by atoms with Gasteiger partial charge in [-0.05, 0) is 37.3 Å². The number of carbonyl (C=O) groups excluding carboxylic acids is 1. The molecule has 0 saturated heterocycles. The number of rotatable bonds is 3. The van der Waals surface area contributed by atoms with Crippen LogP contribution in [0.5, 0.6) is 5.75 Å². The molecule has 0 aliphatic heterocycles. The second kappa shape index (κ2) is 5.85. The Hall–Kier alpha value is -1.88. The van der Waals surface area contributed by atoms with Gasteiger partial charge in [0.05, 0.1) is 18.4 Å². The monoisotopic (exact) mass is 302 g/mol. The van der Waals surface area contributed by atoms with Crippen LogP contribution < -0.4 is 10.1 Å². The number of anilines is 1. The van der Waals surface area contributed by atoms with Gasteiger partial charge in [0.1, 0.15) is 5.75 Å². The summed E-state index contributed by atoms with van der Waals surface area (Å²) in [6.07, 6.45) is 3.26. The third-order valence-corrected chi connectivity index (χ3v) is 4.79. The third kappa shape index (κ3) is 2.93. The van der Waals surface area contributed by atoms with E-state index in [1.807, 2.05) is 12.1 Å². The summed E-state index contributed by atoms with van der Waals surface area (Å²) in [7, 11) is 1.57. The molecule has 0 spiro atoms. The van der Waals surface area contributed by atoms with Crippen molar-refractivity contribution in [3.63, 3.8) is 0 Å². The van der Waals surface area contributed by atoms with E-state index in [1.54, 1.807) is 30.6 Å². The van der Waals surface area contributed by atoms with Crippen molar-refractivity contribution in [2.45, 2.75) is 26.2 Å². The highest BCUT2D eigenvalue weighted by molar-refractivity contribution is 7.15. The fourth-order valence-electron chi connectivity index (χ4n) is 2.59. The molecule has 1 amide bonds. The van der Waals surface area contributed by atoms with Crippen LogP contribution in [-0.4, -0.2) is 18.0 Å². The van der Waals surface area contributed by atoms with Crippen LogP contribution in [0.2, 0.25) is 0 Å². The number of ether oxygens (including phenoxy) is 1. The van der Waals surface area contributed by atoms with Crippen LogP contribution in [0.4, 0.5) is 5.13 Å². The first-order valence-electron chi connectivity index (χ1n) is 7.10. The number of hydrogen-bond donors (Lipinski definition) is 1. The molecule has 0 fully saturated rings. The lowest BCUT2D eigenvalue weighted by Gasteiger charge is -2.15.